The summed E-state index contributed by atoms with van der Waals surface area (Å²) in [6.45, 7) is 7.43. The van der Waals surface area contributed by atoms with Gasteiger partial charge in [0.15, 0.2) is 0 Å². The lowest BCUT2D eigenvalue weighted by atomic mass is 9.94. The van der Waals surface area contributed by atoms with Crippen LogP contribution in [0.3, 0.4) is 0 Å². The van der Waals surface area contributed by atoms with E-state index >= 15 is 0 Å². The highest BCUT2D eigenvalue weighted by molar-refractivity contribution is 6.31. The molecule has 1 N–H and O–H groups in total. The Morgan fingerprint density at radius 2 is 1.95 bits per heavy atom. The van der Waals surface area contributed by atoms with E-state index in [2.05, 4.69) is 31.3 Å². The normalized spacial score (nSPS) is 12.8. The number of methoxy groups -OCH3 is 1. The van der Waals surface area contributed by atoms with Crippen LogP contribution in [0.15, 0.2) is 24.3 Å². The fourth-order valence-electron chi connectivity index (χ4n) is 2.34. The number of halogens is 1. The van der Waals surface area contributed by atoms with E-state index in [-0.39, 0.29) is 0 Å². The number of hydrogen-bond donors (Lipinski definition) is 1. The van der Waals surface area contributed by atoms with Gasteiger partial charge in [0.2, 0.25) is 0 Å². The summed E-state index contributed by atoms with van der Waals surface area (Å²) in [6, 6.07) is 8.16. The van der Waals surface area contributed by atoms with Crippen molar-refractivity contribution in [3.05, 3.63) is 34.9 Å². The van der Waals surface area contributed by atoms with Crippen LogP contribution in [-0.2, 0) is 11.2 Å². The zero-order chi connectivity index (χ0) is 14.8. The molecule has 0 heterocycles. The van der Waals surface area contributed by atoms with Gasteiger partial charge in [0.05, 0.1) is 0 Å². The first-order valence-electron chi connectivity index (χ1n) is 7.56. The predicted molar refractivity (Wildman–Crippen MR) is 87.5 cm³/mol. The molecule has 114 valence electrons. The molecule has 0 radical (unpaired) electrons. The summed E-state index contributed by atoms with van der Waals surface area (Å²) in [4.78, 5) is 0. The van der Waals surface area contributed by atoms with Gasteiger partial charge < -0.3 is 10.1 Å². The van der Waals surface area contributed by atoms with Crippen molar-refractivity contribution >= 4 is 11.6 Å². The van der Waals surface area contributed by atoms with Crippen LogP contribution in [0, 0.1) is 11.8 Å². The molecule has 0 saturated heterocycles. The molecule has 20 heavy (non-hydrogen) atoms. The van der Waals surface area contributed by atoms with Crippen molar-refractivity contribution in [1.82, 2.24) is 5.32 Å². The largest absolute Gasteiger partial charge is 0.385 e. The second kappa shape index (κ2) is 10.2. The lowest BCUT2D eigenvalue weighted by Gasteiger charge is -2.19. The van der Waals surface area contributed by atoms with E-state index in [9.17, 15) is 0 Å². The molecule has 1 atom stereocenters. The van der Waals surface area contributed by atoms with Gasteiger partial charge in [0.1, 0.15) is 0 Å². The Hall–Kier alpha value is -0.570. The molecule has 0 fully saturated rings. The van der Waals surface area contributed by atoms with Crippen LogP contribution < -0.4 is 5.32 Å². The first-order chi connectivity index (χ1) is 9.63. The highest BCUT2D eigenvalue weighted by Crippen LogP contribution is 2.21. The van der Waals surface area contributed by atoms with Crippen LogP contribution in [0.25, 0.3) is 0 Å². The van der Waals surface area contributed by atoms with Crippen molar-refractivity contribution in [3.63, 3.8) is 0 Å². The predicted octanol–water partition coefficient (Wildman–Crippen LogP) is 4.17. The van der Waals surface area contributed by atoms with E-state index in [4.69, 9.17) is 16.3 Å². The van der Waals surface area contributed by atoms with Gasteiger partial charge in [-0.25, -0.2) is 0 Å². The highest BCUT2D eigenvalue weighted by atomic mass is 35.5. The molecule has 1 aromatic carbocycles. The van der Waals surface area contributed by atoms with Crippen LogP contribution in [0.1, 0.15) is 32.3 Å². The summed E-state index contributed by atoms with van der Waals surface area (Å²) in [7, 11) is 1.76. The van der Waals surface area contributed by atoms with Crippen molar-refractivity contribution < 1.29 is 4.74 Å². The van der Waals surface area contributed by atoms with Crippen molar-refractivity contribution in [2.75, 3.05) is 26.8 Å². The fourth-order valence-corrected chi connectivity index (χ4v) is 2.56. The van der Waals surface area contributed by atoms with Crippen molar-refractivity contribution in [2.45, 2.75) is 33.1 Å². The van der Waals surface area contributed by atoms with Crippen LogP contribution in [0.2, 0.25) is 5.02 Å². The topological polar surface area (TPSA) is 21.3 Å². The summed E-state index contributed by atoms with van der Waals surface area (Å²) in [5, 5.41) is 4.45. The van der Waals surface area contributed by atoms with E-state index in [1.165, 1.54) is 12.0 Å². The third-order valence-electron chi connectivity index (χ3n) is 3.41. The Labute approximate surface area is 128 Å². The minimum Gasteiger partial charge on any atom is -0.385 e. The van der Waals surface area contributed by atoms with E-state index < -0.39 is 0 Å². The molecular weight excluding hydrogens is 270 g/mol. The van der Waals surface area contributed by atoms with Crippen molar-refractivity contribution in [3.8, 4) is 0 Å². The van der Waals surface area contributed by atoms with Gasteiger partial charge in [-0.3, -0.25) is 0 Å². The molecule has 0 saturated carbocycles. The smallest absolute Gasteiger partial charge is 0.0462 e. The molecule has 1 unspecified atom stereocenters. The van der Waals surface area contributed by atoms with Gasteiger partial charge in [0.25, 0.3) is 0 Å². The number of nitrogens with one attached hydrogen (secondary N) is 1. The number of ether oxygens (including phenoxy) is 1. The Morgan fingerprint density at radius 1 is 1.20 bits per heavy atom. The molecule has 0 aliphatic carbocycles. The Balaban J connectivity index is 2.50. The summed E-state index contributed by atoms with van der Waals surface area (Å²) in [5.74, 6) is 1.30. The SMILES string of the molecule is COCCCC(CNCC(C)C)Cc1ccccc1Cl. The second-order valence-corrected chi connectivity index (χ2v) is 6.26. The lowest BCUT2D eigenvalue weighted by Crippen LogP contribution is -2.28. The van der Waals surface area contributed by atoms with Crippen LogP contribution >= 0.6 is 11.6 Å². The number of benzene rings is 1. The lowest BCUT2D eigenvalue weighted by molar-refractivity contribution is 0.186. The van der Waals surface area contributed by atoms with Crippen molar-refractivity contribution in [1.29, 1.82) is 0 Å². The molecule has 0 aliphatic heterocycles. The molecule has 0 amide bonds. The zero-order valence-electron chi connectivity index (χ0n) is 13.0. The molecule has 2 nitrogen and oxygen atoms in total. The maximum Gasteiger partial charge on any atom is 0.0462 e. The molecule has 0 spiro atoms. The number of rotatable bonds is 10. The first kappa shape index (κ1) is 17.5. The third kappa shape index (κ3) is 7.28. The maximum absolute atomic E-state index is 6.27. The van der Waals surface area contributed by atoms with Crippen molar-refractivity contribution in [2.24, 2.45) is 11.8 Å². The summed E-state index contributed by atoms with van der Waals surface area (Å²) >= 11 is 6.27. The van der Waals surface area contributed by atoms with E-state index in [0.717, 1.165) is 37.6 Å². The highest BCUT2D eigenvalue weighted by Gasteiger charge is 2.11. The standard InChI is InChI=1S/C17H28ClNO/c1-14(2)12-19-13-15(7-6-10-20-3)11-16-8-4-5-9-17(16)18/h4-5,8-9,14-15,19H,6-7,10-13H2,1-3H3. The molecular formula is C17H28ClNO. The van der Waals surface area contributed by atoms with Gasteiger partial charge in [0, 0.05) is 18.7 Å². The Kier molecular flexibility index (Phi) is 8.92. The van der Waals surface area contributed by atoms with Gasteiger partial charge in [-0.05, 0) is 55.8 Å². The van der Waals surface area contributed by atoms with E-state index in [1.54, 1.807) is 7.11 Å². The quantitative estimate of drug-likeness (QED) is 0.654. The molecule has 1 rings (SSSR count). The first-order valence-corrected chi connectivity index (χ1v) is 7.94. The van der Waals surface area contributed by atoms with Gasteiger partial charge in [-0.2, -0.15) is 0 Å². The summed E-state index contributed by atoms with van der Waals surface area (Å²) in [6.07, 6.45) is 3.31. The minimum atomic E-state index is 0.615. The Morgan fingerprint density at radius 3 is 2.60 bits per heavy atom. The second-order valence-electron chi connectivity index (χ2n) is 5.85. The summed E-state index contributed by atoms with van der Waals surface area (Å²) in [5.41, 5.74) is 1.25. The molecule has 3 heteroatoms. The van der Waals surface area contributed by atoms with E-state index in [1.807, 2.05) is 12.1 Å². The Bertz CT molecular complexity index is 368. The minimum absolute atomic E-state index is 0.615. The molecule has 0 bridgehead atoms. The summed E-state index contributed by atoms with van der Waals surface area (Å²) < 4.78 is 5.16. The van der Waals surface area contributed by atoms with Gasteiger partial charge in [-0.15, -0.1) is 0 Å². The van der Waals surface area contributed by atoms with Crippen LogP contribution in [0.4, 0.5) is 0 Å². The maximum atomic E-state index is 6.27. The monoisotopic (exact) mass is 297 g/mol. The average molecular weight is 298 g/mol. The fraction of sp³-hybridized carbons (Fsp3) is 0.647. The van der Waals surface area contributed by atoms with Gasteiger partial charge in [-0.1, -0.05) is 43.6 Å². The molecule has 0 aliphatic rings. The van der Waals surface area contributed by atoms with Crippen LogP contribution in [0.5, 0.6) is 0 Å². The average Bonchev–Trinajstić information content (AvgIpc) is 2.41. The molecule has 1 aromatic rings. The third-order valence-corrected chi connectivity index (χ3v) is 3.78. The number of hydrogen-bond acceptors (Lipinski definition) is 2. The van der Waals surface area contributed by atoms with Gasteiger partial charge >= 0.3 is 0 Å². The zero-order valence-corrected chi connectivity index (χ0v) is 13.7. The molecule has 0 aromatic heterocycles. The van der Waals surface area contributed by atoms with E-state index in [0.29, 0.717) is 11.8 Å². The van der Waals surface area contributed by atoms with Crippen LogP contribution in [-0.4, -0.2) is 26.8 Å².